The van der Waals surface area contributed by atoms with Gasteiger partial charge >= 0.3 is 0 Å². The second-order valence-corrected chi connectivity index (χ2v) is 6.80. The molecule has 2 fully saturated rings. The van der Waals surface area contributed by atoms with E-state index in [0.29, 0.717) is 12.5 Å². The molecule has 1 aromatic carbocycles. The molecule has 0 bridgehead atoms. The van der Waals surface area contributed by atoms with Crippen molar-refractivity contribution in [3.05, 3.63) is 24.3 Å². The van der Waals surface area contributed by atoms with Gasteiger partial charge in [0.1, 0.15) is 12.4 Å². The van der Waals surface area contributed by atoms with Crippen molar-refractivity contribution in [1.82, 2.24) is 9.80 Å². The Labute approximate surface area is 138 Å². The summed E-state index contributed by atoms with van der Waals surface area (Å²) in [6, 6.07) is 7.71. The van der Waals surface area contributed by atoms with Gasteiger partial charge in [0.15, 0.2) is 0 Å². The van der Waals surface area contributed by atoms with E-state index in [-0.39, 0.29) is 11.8 Å². The van der Waals surface area contributed by atoms with Crippen LogP contribution in [0.4, 0.5) is 5.69 Å². The van der Waals surface area contributed by atoms with Crippen molar-refractivity contribution in [3.63, 3.8) is 0 Å². The number of nitrogens with one attached hydrogen (secondary N) is 1. The van der Waals surface area contributed by atoms with Crippen molar-refractivity contribution in [2.45, 2.75) is 13.3 Å². The summed E-state index contributed by atoms with van der Waals surface area (Å²) in [6.45, 7) is 8.11. The molecule has 1 N–H and O–H groups in total. The van der Waals surface area contributed by atoms with E-state index in [4.69, 9.17) is 4.74 Å². The van der Waals surface area contributed by atoms with E-state index in [1.54, 1.807) is 0 Å². The lowest BCUT2D eigenvalue weighted by Gasteiger charge is -2.32. The number of hydrogen-bond acceptors (Lipinski definition) is 4. The van der Waals surface area contributed by atoms with E-state index in [9.17, 15) is 4.79 Å². The zero-order valence-corrected chi connectivity index (χ0v) is 14.1. The van der Waals surface area contributed by atoms with Gasteiger partial charge in [-0.25, -0.2) is 0 Å². The quantitative estimate of drug-likeness (QED) is 0.870. The average Bonchev–Trinajstić information content (AvgIpc) is 3.28. The molecule has 1 heterocycles. The van der Waals surface area contributed by atoms with Gasteiger partial charge in [-0.15, -0.1) is 0 Å². The van der Waals surface area contributed by atoms with Gasteiger partial charge in [0.2, 0.25) is 5.91 Å². The molecule has 126 valence electrons. The van der Waals surface area contributed by atoms with Crippen molar-refractivity contribution in [1.29, 1.82) is 0 Å². The van der Waals surface area contributed by atoms with Gasteiger partial charge < -0.3 is 15.0 Å². The molecule has 3 rings (SSSR count). The van der Waals surface area contributed by atoms with Crippen LogP contribution in [0.1, 0.15) is 13.3 Å². The molecule has 1 saturated heterocycles. The zero-order valence-electron chi connectivity index (χ0n) is 14.1. The first-order valence-electron chi connectivity index (χ1n) is 8.57. The number of para-hydroxylation sites is 2. The summed E-state index contributed by atoms with van der Waals surface area (Å²) in [5, 5.41) is 3.01. The number of anilines is 1. The van der Waals surface area contributed by atoms with Crippen molar-refractivity contribution in [2.75, 3.05) is 51.7 Å². The van der Waals surface area contributed by atoms with Crippen LogP contribution in [0, 0.1) is 11.8 Å². The van der Waals surface area contributed by atoms with Gasteiger partial charge in [-0.05, 0) is 31.5 Å². The Balaban J connectivity index is 1.48. The first-order chi connectivity index (χ1) is 11.1. The lowest BCUT2D eigenvalue weighted by atomic mass is 10.2. The summed E-state index contributed by atoms with van der Waals surface area (Å²) >= 11 is 0. The van der Waals surface area contributed by atoms with E-state index >= 15 is 0 Å². The highest BCUT2D eigenvalue weighted by Gasteiger charge is 2.39. The summed E-state index contributed by atoms with van der Waals surface area (Å²) in [7, 11) is 2.16. The van der Waals surface area contributed by atoms with Crippen LogP contribution in [-0.4, -0.2) is 62.1 Å². The topological polar surface area (TPSA) is 44.8 Å². The molecule has 0 radical (unpaired) electrons. The fraction of sp³-hybridized carbons (Fsp3) is 0.611. The number of ether oxygens (including phenoxy) is 1. The fourth-order valence-corrected chi connectivity index (χ4v) is 2.96. The maximum Gasteiger partial charge on any atom is 0.227 e. The largest absolute Gasteiger partial charge is 0.490 e. The van der Waals surface area contributed by atoms with Crippen LogP contribution >= 0.6 is 0 Å². The number of rotatable bonds is 6. The van der Waals surface area contributed by atoms with Crippen LogP contribution < -0.4 is 10.1 Å². The van der Waals surface area contributed by atoms with Crippen molar-refractivity contribution < 1.29 is 9.53 Å². The summed E-state index contributed by atoms with van der Waals surface area (Å²) in [5.74, 6) is 1.57. The molecular weight excluding hydrogens is 290 g/mol. The second-order valence-electron chi connectivity index (χ2n) is 6.80. The maximum absolute atomic E-state index is 12.1. The van der Waals surface area contributed by atoms with E-state index < -0.39 is 0 Å². The molecule has 0 spiro atoms. The molecule has 0 aromatic heterocycles. The van der Waals surface area contributed by atoms with Crippen LogP contribution in [-0.2, 0) is 4.79 Å². The van der Waals surface area contributed by atoms with Gasteiger partial charge in [-0.3, -0.25) is 9.69 Å². The predicted octanol–water partition coefficient (Wildman–Crippen LogP) is 1.91. The summed E-state index contributed by atoms with van der Waals surface area (Å²) < 4.78 is 5.92. The van der Waals surface area contributed by atoms with Gasteiger partial charge in [-0.1, -0.05) is 19.1 Å². The number of amides is 1. The zero-order chi connectivity index (χ0) is 16.2. The second kappa shape index (κ2) is 7.32. The van der Waals surface area contributed by atoms with Gasteiger partial charge in [0, 0.05) is 38.6 Å². The average molecular weight is 317 g/mol. The Hall–Kier alpha value is -1.59. The van der Waals surface area contributed by atoms with E-state index in [0.717, 1.165) is 50.6 Å². The minimum atomic E-state index is 0.118. The summed E-state index contributed by atoms with van der Waals surface area (Å²) in [5.41, 5.74) is 0.787. The number of hydrogen-bond donors (Lipinski definition) is 1. The van der Waals surface area contributed by atoms with E-state index in [2.05, 4.69) is 29.1 Å². The Kier molecular flexibility index (Phi) is 5.18. The molecule has 5 nitrogen and oxygen atoms in total. The van der Waals surface area contributed by atoms with Gasteiger partial charge in [0.25, 0.3) is 0 Å². The molecule has 1 aromatic rings. The van der Waals surface area contributed by atoms with Crippen LogP contribution in [0.15, 0.2) is 24.3 Å². The smallest absolute Gasteiger partial charge is 0.227 e. The lowest BCUT2D eigenvalue weighted by molar-refractivity contribution is -0.117. The standard InChI is InChI=1S/C18H27N3O2/c1-14-13-15(14)18(22)19-16-5-3-4-6-17(16)23-12-11-21-9-7-20(2)8-10-21/h3-6,14-15H,7-13H2,1-2H3,(H,19,22). The first kappa shape index (κ1) is 16.3. The highest BCUT2D eigenvalue weighted by molar-refractivity contribution is 5.95. The molecular formula is C18H27N3O2. The van der Waals surface area contributed by atoms with Crippen LogP contribution in [0.25, 0.3) is 0 Å². The Morgan fingerprint density at radius 3 is 2.65 bits per heavy atom. The SMILES string of the molecule is CC1CC1C(=O)Nc1ccccc1OCCN1CCN(C)CC1. The monoisotopic (exact) mass is 317 g/mol. The Morgan fingerprint density at radius 1 is 1.26 bits per heavy atom. The minimum absolute atomic E-state index is 0.118. The number of carbonyl (C=O) groups is 1. The number of carbonyl (C=O) groups excluding carboxylic acids is 1. The van der Waals surface area contributed by atoms with Crippen LogP contribution in [0.3, 0.4) is 0 Å². The number of benzene rings is 1. The highest BCUT2D eigenvalue weighted by atomic mass is 16.5. The highest BCUT2D eigenvalue weighted by Crippen LogP contribution is 2.39. The van der Waals surface area contributed by atoms with Gasteiger partial charge in [0.05, 0.1) is 5.69 Å². The molecule has 5 heteroatoms. The fourth-order valence-electron chi connectivity index (χ4n) is 2.96. The van der Waals surface area contributed by atoms with Crippen LogP contribution in [0.5, 0.6) is 5.75 Å². The van der Waals surface area contributed by atoms with Gasteiger partial charge in [-0.2, -0.15) is 0 Å². The predicted molar refractivity (Wildman–Crippen MR) is 91.8 cm³/mol. The minimum Gasteiger partial charge on any atom is -0.490 e. The normalized spacial score (nSPS) is 25.1. The Bertz CT molecular complexity index is 541. The first-order valence-corrected chi connectivity index (χ1v) is 8.57. The summed E-state index contributed by atoms with van der Waals surface area (Å²) in [4.78, 5) is 16.9. The molecule has 1 amide bonds. The third-order valence-corrected chi connectivity index (χ3v) is 4.85. The number of piperazine rings is 1. The molecule has 23 heavy (non-hydrogen) atoms. The molecule has 1 aliphatic carbocycles. The van der Waals surface area contributed by atoms with Crippen molar-refractivity contribution in [3.8, 4) is 5.75 Å². The third kappa shape index (κ3) is 4.45. The molecule has 1 saturated carbocycles. The number of nitrogens with zero attached hydrogens (tertiary/aromatic N) is 2. The molecule has 2 aliphatic rings. The third-order valence-electron chi connectivity index (χ3n) is 4.85. The molecule has 2 atom stereocenters. The molecule has 2 unspecified atom stereocenters. The number of likely N-dealkylation sites (N-methyl/N-ethyl adjacent to an activating group) is 1. The Morgan fingerprint density at radius 2 is 1.96 bits per heavy atom. The lowest BCUT2D eigenvalue weighted by Crippen LogP contribution is -2.45. The molecule has 1 aliphatic heterocycles. The van der Waals surface area contributed by atoms with Crippen molar-refractivity contribution in [2.24, 2.45) is 11.8 Å². The van der Waals surface area contributed by atoms with E-state index in [1.807, 2.05) is 24.3 Å². The van der Waals surface area contributed by atoms with E-state index in [1.165, 1.54) is 0 Å². The maximum atomic E-state index is 12.1. The van der Waals surface area contributed by atoms with Crippen LogP contribution in [0.2, 0.25) is 0 Å². The summed E-state index contributed by atoms with van der Waals surface area (Å²) in [6.07, 6.45) is 0.998. The van der Waals surface area contributed by atoms with Crippen molar-refractivity contribution >= 4 is 11.6 Å².